The second kappa shape index (κ2) is 8.95. The Kier molecular flexibility index (Phi) is 6.40. The number of nitrogens with one attached hydrogen (secondary N) is 1. The van der Waals surface area contributed by atoms with Crippen LogP contribution in [0.4, 0.5) is 5.69 Å². The number of benzene rings is 1. The third kappa shape index (κ3) is 4.50. The molecule has 0 radical (unpaired) electrons. The summed E-state index contributed by atoms with van der Waals surface area (Å²) < 4.78 is 2.94. The second-order valence-electron chi connectivity index (χ2n) is 5.26. The predicted octanol–water partition coefficient (Wildman–Crippen LogP) is 3.86. The van der Waals surface area contributed by atoms with Crippen LogP contribution in [0, 0.1) is 3.57 Å². The van der Waals surface area contributed by atoms with Crippen molar-refractivity contribution in [1.29, 1.82) is 0 Å². The van der Waals surface area contributed by atoms with Crippen molar-refractivity contribution < 1.29 is 4.79 Å². The van der Waals surface area contributed by atoms with Gasteiger partial charge in [-0.25, -0.2) is 0 Å². The smallest absolute Gasteiger partial charge is 0.234 e. The van der Waals surface area contributed by atoms with Crippen LogP contribution in [0.15, 0.2) is 66.6 Å². The number of hydrogen-bond donors (Lipinski definition) is 1. The molecule has 0 spiro atoms. The van der Waals surface area contributed by atoms with Gasteiger partial charge in [0, 0.05) is 28.1 Å². The van der Waals surface area contributed by atoms with Crippen molar-refractivity contribution in [3.63, 3.8) is 0 Å². The highest BCUT2D eigenvalue weighted by molar-refractivity contribution is 14.1. The second-order valence-corrected chi connectivity index (χ2v) is 7.36. The SMILES string of the molecule is C=CCn1c(SCC(=O)Nc2ccccc2I)nnc1-c1ccncc1. The lowest BCUT2D eigenvalue weighted by Crippen LogP contribution is -2.15. The number of carbonyl (C=O) groups is 1. The van der Waals surface area contributed by atoms with Crippen LogP contribution in [0.25, 0.3) is 11.4 Å². The Bertz CT molecular complexity index is 913. The molecule has 8 heteroatoms. The molecule has 2 aromatic heterocycles. The van der Waals surface area contributed by atoms with Gasteiger partial charge >= 0.3 is 0 Å². The van der Waals surface area contributed by atoms with Crippen LogP contribution in [-0.2, 0) is 11.3 Å². The van der Waals surface area contributed by atoms with Gasteiger partial charge in [0.15, 0.2) is 11.0 Å². The topological polar surface area (TPSA) is 72.7 Å². The van der Waals surface area contributed by atoms with Gasteiger partial charge < -0.3 is 5.32 Å². The molecule has 3 aromatic rings. The molecular weight excluding hydrogens is 461 g/mol. The molecule has 132 valence electrons. The van der Waals surface area contributed by atoms with Gasteiger partial charge in [0.2, 0.25) is 5.91 Å². The van der Waals surface area contributed by atoms with E-state index in [0.717, 1.165) is 20.6 Å². The normalized spacial score (nSPS) is 10.5. The van der Waals surface area contributed by atoms with E-state index in [0.29, 0.717) is 11.7 Å². The molecule has 0 bridgehead atoms. The fourth-order valence-electron chi connectivity index (χ4n) is 2.28. The molecule has 0 fully saturated rings. The van der Waals surface area contributed by atoms with Crippen molar-refractivity contribution in [2.45, 2.75) is 11.7 Å². The summed E-state index contributed by atoms with van der Waals surface area (Å²) in [5.41, 5.74) is 1.73. The number of amides is 1. The number of para-hydroxylation sites is 1. The molecule has 0 aliphatic heterocycles. The molecule has 0 saturated carbocycles. The number of halogens is 1. The maximum Gasteiger partial charge on any atom is 0.234 e. The first-order valence-electron chi connectivity index (χ1n) is 7.80. The Hall–Kier alpha value is -2.20. The number of hydrogen-bond acceptors (Lipinski definition) is 5. The zero-order chi connectivity index (χ0) is 18.4. The molecule has 1 aromatic carbocycles. The highest BCUT2D eigenvalue weighted by Gasteiger charge is 2.15. The third-order valence-corrected chi connectivity index (χ3v) is 5.35. The summed E-state index contributed by atoms with van der Waals surface area (Å²) in [7, 11) is 0. The predicted molar refractivity (Wildman–Crippen MR) is 112 cm³/mol. The largest absolute Gasteiger partial charge is 0.324 e. The summed E-state index contributed by atoms with van der Waals surface area (Å²) in [6.45, 7) is 4.35. The van der Waals surface area contributed by atoms with Crippen molar-refractivity contribution >= 4 is 45.9 Å². The average Bonchev–Trinajstić information content (AvgIpc) is 3.06. The van der Waals surface area contributed by atoms with E-state index in [9.17, 15) is 4.79 Å². The summed E-state index contributed by atoms with van der Waals surface area (Å²) in [5.74, 6) is 0.891. The van der Waals surface area contributed by atoms with E-state index >= 15 is 0 Å². The van der Waals surface area contributed by atoms with E-state index in [1.54, 1.807) is 18.5 Å². The van der Waals surface area contributed by atoms with Crippen LogP contribution in [0.3, 0.4) is 0 Å². The van der Waals surface area contributed by atoms with Gasteiger partial charge in [0.25, 0.3) is 0 Å². The minimum Gasteiger partial charge on any atom is -0.324 e. The van der Waals surface area contributed by atoms with Crippen molar-refractivity contribution in [1.82, 2.24) is 19.7 Å². The molecule has 0 saturated heterocycles. The van der Waals surface area contributed by atoms with E-state index in [-0.39, 0.29) is 11.7 Å². The molecule has 1 amide bonds. The maximum atomic E-state index is 12.3. The lowest BCUT2D eigenvalue weighted by atomic mass is 10.2. The third-order valence-electron chi connectivity index (χ3n) is 3.45. The number of allylic oxidation sites excluding steroid dienone is 1. The Balaban J connectivity index is 1.72. The lowest BCUT2D eigenvalue weighted by molar-refractivity contribution is -0.113. The minimum absolute atomic E-state index is 0.0854. The summed E-state index contributed by atoms with van der Waals surface area (Å²) in [6, 6.07) is 11.4. The van der Waals surface area contributed by atoms with E-state index in [2.05, 4.69) is 49.7 Å². The number of rotatable bonds is 7. The first-order chi connectivity index (χ1) is 12.7. The Morgan fingerprint density at radius 3 is 2.73 bits per heavy atom. The van der Waals surface area contributed by atoms with Crippen LogP contribution in [-0.4, -0.2) is 31.4 Å². The molecule has 2 heterocycles. The monoisotopic (exact) mass is 477 g/mol. The number of nitrogens with zero attached hydrogens (tertiary/aromatic N) is 4. The van der Waals surface area contributed by atoms with Gasteiger partial charge in [-0.3, -0.25) is 14.3 Å². The molecule has 1 N–H and O–H groups in total. The molecular formula is C18H16IN5OS. The summed E-state index contributed by atoms with van der Waals surface area (Å²) in [6.07, 6.45) is 5.21. The molecule has 0 aliphatic carbocycles. The van der Waals surface area contributed by atoms with Gasteiger partial charge in [0.1, 0.15) is 0 Å². The van der Waals surface area contributed by atoms with Crippen LogP contribution < -0.4 is 5.32 Å². The molecule has 3 rings (SSSR count). The first kappa shape index (κ1) is 18.6. The van der Waals surface area contributed by atoms with Crippen molar-refractivity contribution in [2.75, 3.05) is 11.1 Å². The zero-order valence-electron chi connectivity index (χ0n) is 13.8. The number of anilines is 1. The van der Waals surface area contributed by atoms with Crippen molar-refractivity contribution in [2.24, 2.45) is 0 Å². The van der Waals surface area contributed by atoms with E-state index in [1.807, 2.05) is 41.0 Å². The molecule has 0 aliphatic rings. The average molecular weight is 477 g/mol. The van der Waals surface area contributed by atoms with Crippen LogP contribution in [0.5, 0.6) is 0 Å². The quantitative estimate of drug-likeness (QED) is 0.318. The van der Waals surface area contributed by atoms with Gasteiger partial charge in [0.05, 0.1) is 11.4 Å². The maximum absolute atomic E-state index is 12.3. The minimum atomic E-state index is -0.0854. The number of aromatic nitrogens is 4. The summed E-state index contributed by atoms with van der Waals surface area (Å²) in [4.78, 5) is 16.3. The van der Waals surface area contributed by atoms with Gasteiger partial charge in [-0.2, -0.15) is 0 Å². The number of thioether (sulfide) groups is 1. The van der Waals surface area contributed by atoms with E-state index in [1.165, 1.54) is 11.8 Å². The Morgan fingerprint density at radius 1 is 1.23 bits per heavy atom. The Morgan fingerprint density at radius 2 is 2.00 bits per heavy atom. The van der Waals surface area contributed by atoms with Gasteiger partial charge in [-0.05, 0) is 46.9 Å². The fraction of sp³-hybridized carbons (Fsp3) is 0.111. The molecule has 0 atom stereocenters. The fourth-order valence-corrected chi connectivity index (χ4v) is 3.55. The lowest BCUT2D eigenvalue weighted by Gasteiger charge is -2.09. The summed E-state index contributed by atoms with van der Waals surface area (Å²) >= 11 is 3.54. The van der Waals surface area contributed by atoms with Gasteiger partial charge in [-0.1, -0.05) is 30.0 Å². The highest BCUT2D eigenvalue weighted by Crippen LogP contribution is 2.24. The summed E-state index contributed by atoms with van der Waals surface area (Å²) in [5, 5.41) is 12.1. The van der Waals surface area contributed by atoms with Gasteiger partial charge in [-0.15, -0.1) is 16.8 Å². The van der Waals surface area contributed by atoms with Crippen molar-refractivity contribution in [3.8, 4) is 11.4 Å². The number of pyridine rings is 1. The van der Waals surface area contributed by atoms with E-state index < -0.39 is 0 Å². The molecule has 0 unspecified atom stereocenters. The molecule has 6 nitrogen and oxygen atoms in total. The molecule has 26 heavy (non-hydrogen) atoms. The standard InChI is InChI=1S/C18H16IN5OS/c1-2-11-24-17(13-7-9-20-10-8-13)22-23-18(24)26-12-16(25)21-15-6-4-3-5-14(15)19/h2-10H,1,11-12H2,(H,21,25). The first-order valence-corrected chi connectivity index (χ1v) is 9.87. The van der Waals surface area contributed by atoms with Crippen LogP contribution in [0.1, 0.15) is 0 Å². The highest BCUT2D eigenvalue weighted by atomic mass is 127. The van der Waals surface area contributed by atoms with Crippen molar-refractivity contribution in [3.05, 3.63) is 65.0 Å². The van der Waals surface area contributed by atoms with Crippen LogP contribution >= 0.6 is 34.4 Å². The Labute approximate surface area is 169 Å². The van der Waals surface area contributed by atoms with E-state index in [4.69, 9.17) is 0 Å². The zero-order valence-corrected chi connectivity index (χ0v) is 16.8. The van der Waals surface area contributed by atoms with Crippen LogP contribution in [0.2, 0.25) is 0 Å². The number of carbonyl (C=O) groups excluding carboxylic acids is 1.